The third-order valence-corrected chi connectivity index (χ3v) is 3.93. The summed E-state index contributed by atoms with van der Waals surface area (Å²) in [7, 11) is 0. The lowest BCUT2D eigenvalue weighted by atomic mass is 10.0. The molecule has 1 aromatic heterocycles. The lowest BCUT2D eigenvalue weighted by Crippen LogP contribution is -2.01. The van der Waals surface area contributed by atoms with Gasteiger partial charge in [0.25, 0.3) is 0 Å². The number of rotatable bonds is 5. The molecule has 0 aliphatic heterocycles. The SMILES string of the molecule is c1ccc(-c2nnc(CNc3ccccc3-c3ccccc3)o2)cc1. The normalized spacial score (nSPS) is 10.6. The summed E-state index contributed by atoms with van der Waals surface area (Å²) in [5.74, 6) is 1.09. The number of nitrogens with zero attached hydrogens (tertiary/aromatic N) is 2. The van der Waals surface area contributed by atoms with Crippen molar-refractivity contribution in [1.29, 1.82) is 0 Å². The molecule has 0 amide bonds. The Balaban J connectivity index is 1.52. The zero-order chi connectivity index (χ0) is 16.9. The van der Waals surface area contributed by atoms with Gasteiger partial charge < -0.3 is 9.73 Å². The number of hydrogen-bond donors (Lipinski definition) is 1. The third kappa shape index (κ3) is 3.43. The minimum Gasteiger partial charge on any atom is -0.419 e. The maximum atomic E-state index is 5.75. The van der Waals surface area contributed by atoms with E-state index in [1.165, 1.54) is 5.56 Å². The topological polar surface area (TPSA) is 51.0 Å². The Labute approximate surface area is 146 Å². The lowest BCUT2D eigenvalue weighted by molar-refractivity contribution is 0.515. The number of para-hydroxylation sites is 1. The molecule has 0 saturated heterocycles. The second kappa shape index (κ2) is 7.01. The summed E-state index contributed by atoms with van der Waals surface area (Å²) in [6, 6.07) is 28.3. The van der Waals surface area contributed by atoms with Gasteiger partial charge in [0.05, 0.1) is 6.54 Å². The van der Waals surface area contributed by atoms with Crippen molar-refractivity contribution in [2.75, 3.05) is 5.32 Å². The molecule has 0 spiro atoms. The molecule has 3 aromatic carbocycles. The van der Waals surface area contributed by atoms with Gasteiger partial charge in [-0.2, -0.15) is 0 Å². The molecule has 0 radical (unpaired) electrons. The molecule has 4 heteroatoms. The molecule has 0 atom stereocenters. The Hall–Kier alpha value is -3.40. The highest BCUT2D eigenvalue weighted by atomic mass is 16.4. The average molecular weight is 327 g/mol. The second-order valence-corrected chi connectivity index (χ2v) is 5.63. The molecule has 0 fully saturated rings. The van der Waals surface area contributed by atoms with Crippen LogP contribution in [0.1, 0.15) is 5.89 Å². The van der Waals surface area contributed by atoms with E-state index in [2.05, 4.69) is 39.8 Å². The Morgan fingerprint density at radius 3 is 2.08 bits per heavy atom. The maximum Gasteiger partial charge on any atom is 0.247 e. The molecule has 25 heavy (non-hydrogen) atoms. The van der Waals surface area contributed by atoms with Crippen molar-refractivity contribution in [3.8, 4) is 22.6 Å². The van der Waals surface area contributed by atoms with E-state index in [4.69, 9.17) is 4.42 Å². The first-order valence-corrected chi connectivity index (χ1v) is 8.16. The maximum absolute atomic E-state index is 5.75. The minimum absolute atomic E-state index is 0.476. The predicted molar refractivity (Wildman–Crippen MR) is 98.9 cm³/mol. The van der Waals surface area contributed by atoms with Crippen molar-refractivity contribution < 1.29 is 4.42 Å². The highest BCUT2D eigenvalue weighted by Gasteiger charge is 2.09. The third-order valence-electron chi connectivity index (χ3n) is 3.93. The van der Waals surface area contributed by atoms with E-state index in [1.807, 2.05) is 60.7 Å². The van der Waals surface area contributed by atoms with Crippen LogP contribution < -0.4 is 5.32 Å². The summed E-state index contributed by atoms with van der Waals surface area (Å²) in [5.41, 5.74) is 4.27. The van der Waals surface area contributed by atoms with Gasteiger partial charge in [0.2, 0.25) is 11.8 Å². The van der Waals surface area contributed by atoms with Crippen LogP contribution in [0.4, 0.5) is 5.69 Å². The van der Waals surface area contributed by atoms with Crippen LogP contribution in [0.2, 0.25) is 0 Å². The first kappa shape index (κ1) is 15.1. The van der Waals surface area contributed by atoms with Crippen molar-refractivity contribution in [2.24, 2.45) is 0 Å². The van der Waals surface area contributed by atoms with Crippen molar-refractivity contribution in [1.82, 2.24) is 10.2 Å². The van der Waals surface area contributed by atoms with Gasteiger partial charge >= 0.3 is 0 Å². The molecule has 1 heterocycles. The summed E-state index contributed by atoms with van der Waals surface area (Å²) in [4.78, 5) is 0. The number of anilines is 1. The van der Waals surface area contributed by atoms with Crippen LogP contribution in [0.25, 0.3) is 22.6 Å². The van der Waals surface area contributed by atoms with Crippen LogP contribution >= 0.6 is 0 Å². The van der Waals surface area contributed by atoms with E-state index in [-0.39, 0.29) is 0 Å². The van der Waals surface area contributed by atoms with Gasteiger partial charge in [-0.15, -0.1) is 10.2 Å². The van der Waals surface area contributed by atoms with Gasteiger partial charge in [-0.05, 0) is 23.8 Å². The van der Waals surface area contributed by atoms with E-state index in [0.29, 0.717) is 18.3 Å². The lowest BCUT2D eigenvalue weighted by Gasteiger charge is -2.10. The van der Waals surface area contributed by atoms with Gasteiger partial charge in [0.1, 0.15) is 0 Å². The van der Waals surface area contributed by atoms with E-state index >= 15 is 0 Å². The van der Waals surface area contributed by atoms with Crippen LogP contribution in [0.15, 0.2) is 89.3 Å². The summed E-state index contributed by atoms with van der Waals surface area (Å²) >= 11 is 0. The first-order chi connectivity index (χ1) is 12.4. The quantitative estimate of drug-likeness (QED) is 0.559. The number of aromatic nitrogens is 2. The van der Waals surface area contributed by atoms with Gasteiger partial charge in [0, 0.05) is 16.8 Å². The molecule has 0 bridgehead atoms. The Bertz CT molecular complexity index is 949. The molecule has 122 valence electrons. The van der Waals surface area contributed by atoms with E-state index in [1.54, 1.807) is 0 Å². The average Bonchev–Trinajstić information content (AvgIpc) is 3.17. The fourth-order valence-electron chi connectivity index (χ4n) is 2.70. The Morgan fingerprint density at radius 1 is 0.680 bits per heavy atom. The molecular weight excluding hydrogens is 310 g/mol. The number of hydrogen-bond acceptors (Lipinski definition) is 4. The van der Waals surface area contributed by atoms with Gasteiger partial charge in [-0.1, -0.05) is 66.7 Å². The summed E-state index contributed by atoms with van der Waals surface area (Å²) in [6.45, 7) is 0.476. The molecule has 4 nitrogen and oxygen atoms in total. The van der Waals surface area contributed by atoms with Crippen molar-refractivity contribution in [3.05, 3.63) is 90.8 Å². The monoisotopic (exact) mass is 327 g/mol. The second-order valence-electron chi connectivity index (χ2n) is 5.63. The van der Waals surface area contributed by atoms with E-state index in [9.17, 15) is 0 Å². The van der Waals surface area contributed by atoms with Crippen LogP contribution in [-0.4, -0.2) is 10.2 Å². The smallest absolute Gasteiger partial charge is 0.247 e. The summed E-state index contributed by atoms with van der Waals surface area (Å²) in [6.07, 6.45) is 0. The van der Waals surface area contributed by atoms with Crippen LogP contribution in [-0.2, 0) is 6.54 Å². The molecule has 4 aromatic rings. The standard InChI is InChI=1S/C21H17N3O/c1-3-9-16(10-4-1)18-13-7-8-14-19(18)22-15-20-23-24-21(25-20)17-11-5-2-6-12-17/h1-14,22H,15H2. The van der Waals surface area contributed by atoms with Gasteiger partial charge in [-0.25, -0.2) is 0 Å². The van der Waals surface area contributed by atoms with Crippen LogP contribution in [0.5, 0.6) is 0 Å². The molecular formula is C21H17N3O. The fourth-order valence-corrected chi connectivity index (χ4v) is 2.70. The number of benzene rings is 3. The Morgan fingerprint density at radius 2 is 1.32 bits per heavy atom. The zero-order valence-electron chi connectivity index (χ0n) is 13.6. The molecule has 0 unspecified atom stereocenters. The van der Waals surface area contributed by atoms with Crippen molar-refractivity contribution >= 4 is 5.69 Å². The Kier molecular flexibility index (Phi) is 4.25. The van der Waals surface area contributed by atoms with E-state index in [0.717, 1.165) is 16.8 Å². The van der Waals surface area contributed by atoms with Gasteiger partial charge in [-0.3, -0.25) is 0 Å². The van der Waals surface area contributed by atoms with Crippen molar-refractivity contribution in [3.63, 3.8) is 0 Å². The largest absolute Gasteiger partial charge is 0.419 e. The number of nitrogens with one attached hydrogen (secondary N) is 1. The molecule has 0 saturated carbocycles. The highest BCUT2D eigenvalue weighted by Crippen LogP contribution is 2.28. The molecule has 0 aliphatic carbocycles. The van der Waals surface area contributed by atoms with Gasteiger partial charge in [0.15, 0.2) is 0 Å². The molecule has 0 aliphatic rings. The fraction of sp³-hybridized carbons (Fsp3) is 0.0476. The zero-order valence-corrected chi connectivity index (χ0v) is 13.6. The van der Waals surface area contributed by atoms with Crippen LogP contribution in [0, 0.1) is 0 Å². The van der Waals surface area contributed by atoms with E-state index < -0.39 is 0 Å². The van der Waals surface area contributed by atoms with Crippen LogP contribution in [0.3, 0.4) is 0 Å². The highest BCUT2D eigenvalue weighted by molar-refractivity contribution is 5.77. The molecule has 4 rings (SSSR count). The van der Waals surface area contributed by atoms with Crippen molar-refractivity contribution in [2.45, 2.75) is 6.54 Å². The summed E-state index contributed by atoms with van der Waals surface area (Å²) < 4.78 is 5.75. The minimum atomic E-state index is 0.476. The molecule has 1 N–H and O–H groups in total. The predicted octanol–water partition coefficient (Wildman–Crippen LogP) is 5.02. The summed E-state index contributed by atoms with van der Waals surface area (Å²) in [5, 5.41) is 11.7. The first-order valence-electron chi connectivity index (χ1n) is 8.16.